The van der Waals surface area contributed by atoms with E-state index in [1.807, 2.05) is 6.92 Å². The van der Waals surface area contributed by atoms with Crippen LogP contribution in [0.4, 0.5) is 5.82 Å². The summed E-state index contributed by atoms with van der Waals surface area (Å²) in [5.41, 5.74) is 2.13. The van der Waals surface area contributed by atoms with Crippen molar-refractivity contribution in [2.24, 2.45) is 0 Å². The predicted molar refractivity (Wildman–Crippen MR) is 80.6 cm³/mol. The maximum Gasteiger partial charge on any atom is 0.240 e. The second kappa shape index (κ2) is 6.68. The number of nitrogens with one attached hydrogen (secondary N) is 3. The number of hydrogen-bond donors (Lipinski definition) is 3. The molecule has 0 bridgehead atoms. The normalized spacial score (nSPS) is 11.5. The van der Waals surface area contributed by atoms with Crippen LogP contribution >= 0.6 is 0 Å². The monoisotopic (exact) mass is 309 g/mol. The molecule has 0 aliphatic heterocycles. The number of sulfonamides is 1. The zero-order valence-electron chi connectivity index (χ0n) is 12.0. The van der Waals surface area contributed by atoms with Crippen molar-refractivity contribution < 1.29 is 8.42 Å². The molecule has 0 radical (unpaired) electrons. The van der Waals surface area contributed by atoms with Gasteiger partial charge in [0, 0.05) is 31.5 Å². The molecule has 7 nitrogen and oxygen atoms in total. The first-order valence-corrected chi connectivity index (χ1v) is 8.13. The lowest BCUT2D eigenvalue weighted by molar-refractivity contribution is 0.579. The Morgan fingerprint density at radius 3 is 2.86 bits per heavy atom. The van der Waals surface area contributed by atoms with Gasteiger partial charge in [-0.15, -0.1) is 0 Å². The smallest absolute Gasteiger partial charge is 0.240 e. The highest BCUT2D eigenvalue weighted by Gasteiger charge is 2.14. The minimum absolute atomic E-state index is 0.210. The number of H-pyrrole nitrogens is 1. The number of nitrogens with zero attached hydrogens (tertiary/aromatic N) is 2. The minimum atomic E-state index is -3.50. The third-order valence-corrected chi connectivity index (χ3v) is 4.61. The summed E-state index contributed by atoms with van der Waals surface area (Å²) < 4.78 is 26.9. The first-order valence-electron chi connectivity index (χ1n) is 6.65. The van der Waals surface area contributed by atoms with Crippen LogP contribution < -0.4 is 10.0 Å². The third kappa shape index (κ3) is 4.02. The summed E-state index contributed by atoms with van der Waals surface area (Å²) in [5.74, 6) is 0.520. The molecule has 0 saturated heterocycles. The van der Waals surface area contributed by atoms with E-state index in [1.165, 1.54) is 18.3 Å². The fraction of sp³-hybridized carbons (Fsp3) is 0.385. The number of rotatable bonds is 7. The minimum Gasteiger partial charge on any atom is -0.373 e. The van der Waals surface area contributed by atoms with Crippen molar-refractivity contribution in [1.82, 2.24) is 19.9 Å². The van der Waals surface area contributed by atoms with E-state index in [1.54, 1.807) is 13.2 Å². The van der Waals surface area contributed by atoms with Crippen molar-refractivity contribution in [2.45, 2.75) is 24.7 Å². The Hall–Kier alpha value is -1.93. The van der Waals surface area contributed by atoms with Gasteiger partial charge >= 0.3 is 0 Å². The first kappa shape index (κ1) is 15.5. The van der Waals surface area contributed by atoms with Gasteiger partial charge in [-0.25, -0.2) is 18.1 Å². The number of pyridine rings is 1. The van der Waals surface area contributed by atoms with E-state index in [2.05, 4.69) is 25.2 Å². The molecule has 0 amide bonds. The highest BCUT2D eigenvalue weighted by molar-refractivity contribution is 7.89. The second-order valence-electron chi connectivity index (χ2n) is 4.65. The van der Waals surface area contributed by atoms with Crippen molar-refractivity contribution in [2.75, 3.05) is 18.9 Å². The summed E-state index contributed by atoms with van der Waals surface area (Å²) in [6.07, 6.45) is 4.73. The Labute approximate surface area is 124 Å². The molecule has 0 aliphatic carbocycles. The number of aryl methyl sites for hydroxylation is 2. The van der Waals surface area contributed by atoms with E-state index in [0.717, 1.165) is 17.7 Å². The molecule has 0 aliphatic rings. The van der Waals surface area contributed by atoms with Crippen LogP contribution in [0.1, 0.15) is 17.7 Å². The van der Waals surface area contributed by atoms with Gasteiger partial charge in [-0.05, 0) is 31.4 Å². The largest absolute Gasteiger partial charge is 0.373 e. The quantitative estimate of drug-likeness (QED) is 0.664. The zero-order chi connectivity index (χ0) is 15.3. The molecule has 2 heterocycles. The Morgan fingerprint density at radius 2 is 2.19 bits per heavy atom. The average Bonchev–Trinajstić information content (AvgIpc) is 2.89. The number of aromatic amines is 1. The molecule has 0 unspecified atom stereocenters. The van der Waals surface area contributed by atoms with Crippen molar-refractivity contribution in [3.05, 3.63) is 35.8 Å². The van der Waals surface area contributed by atoms with Crippen LogP contribution in [-0.2, 0) is 16.4 Å². The Balaban J connectivity index is 1.90. The van der Waals surface area contributed by atoms with Crippen LogP contribution in [0, 0.1) is 6.92 Å². The molecule has 2 rings (SSSR count). The van der Waals surface area contributed by atoms with Crippen molar-refractivity contribution in [3.63, 3.8) is 0 Å². The Morgan fingerprint density at radius 1 is 1.38 bits per heavy atom. The maximum absolute atomic E-state index is 12.1. The lowest BCUT2D eigenvalue weighted by Crippen LogP contribution is -2.25. The molecule has 0 atom stereocenters. The molecule has 0 saturated carbocycles. The number of hydrogen-bond acceptors (Lipinski definition) is 5. The van der Waals surface area contributed by atoms with Crippen LogP contribution in [0.5, 0.6) is 0 Å². The van der Waals surface area contributed by atoms with Crippen LogP contribution in [-0.4, -0.2) is 37.2 Å². The summed E-state index contributed by atoms with van der Waals surface area (Å²) in [7, 11) is -1.80. The molecule has 21 heavy (non-hydrogen) atoms. The third-order valence-electron chi connectivity index (χ3n) is 3.15. The van der Waals surface area contributed by atoms with E-state index < -0.39 is 10.0 Å². The molecule has 0 aromatic carbocycles. The SMILES string of the molecule is CNc1cc(S(=O)(=O)NCCCc2cn[nH]c2C)ccn1. The van der Waals surface area contributed by atoms with Crippen molar-refractivity contribution in [3.8, 4) is 0 Å². The molecular weight excluding hydrogens is 290 g/mol. The molecule has 114 valence electrons. The van der Waals surface area contributed by atoms with Crippen LogP contribution in [0.3, 0.4) is 0 Å². The van der Waals surface area contributed by atoms with Crippen molar-refractivity contribution >= 4 is 15.8 Å². The number of aromatic nitrogens is 3. The summed E-state index contributed by atoms with van der Waals surface area (Å²) >= 11 is 0. The lowest BCUT2D eigenvalue weighted by atomic mass is 10.1. The van der Waals surface area contributed by atoms with Crippen LogP contribution in [0.25, 0.3) is 0 Å². The van der Waals surface area contributed by atoms with E-state index in [0.29, 0.717) is 18.8 Å². The van der Waals surface area contributed by atoms with Gasteiger partial charge in [-0.2, -0.15) is 5.10 Å². The van der Waals surface area contributed by atoms with Gasteiger partial charge in [0.1, 0.15) is 5.82 Å². The number of anilines is 1. The van der Waals surface area contributed by atoms with Gasteiger partial charge in [0.25, 0.3) is 0 Å². The second-order valence-corrected chi connectivity index (χ2v) is 6.42. The fourth-order valence-corrected chi connectivity index (χ4v) is 3.00. The molecule has 0 fully saturated rings. The molecule has 2 aromatic heterocycles. The van der Waals surface area contributed by atoms with Gasteiger partial charge in [0.2, 0.25) is 10.0 Å². The Kier molecular flexibility index (Phi) is 4.92. The Bertz CT molecular complexity index is 696. The van der Waals surface area contributed by atoms with E-state index in [9.17, 15) is 8.42 Å². The topological polar surface area (TPSA) is 99.8 Å². The molecular formula is C13H19N5O2S. The van der Waals surface area contributed by atoms with Gasteiger partial charge in [-0.3, -0.25) is 5.10 Å². The van der Waals surface area contributed by atoms with Gasteiger partial charge < -0.3 is 5.32 Å². The summed E-state index contributed by atoms with van der Waals surface area (Å²) in [6, 6.07) is 2.98. The van der Waals surface area contributed by atoms with E-state index in [-0.39, 0.29) is 4.90 Å². The van der Waals surface area contributed by atoms with Gasteiger partial charge in [0.15, 0.2) is 0 Å². The van der Waals surface area contributed by atoms with Gasteiger partial charge in [0.05, 0.1) is 11.1 Å². The summed E-state index contributed by atoms with van der Waals surface area (Å²) in [6.45, 7) is 2.33. The highest BCUT2D eigenvalue weighted by Crippen LogP contribution is 2.12. The maximum atomic E-state index is 12.1. The fourth-order valence-electron chi connectivity index (χ4n) is 1.91. The zero-order valence-corrected chi connectivity index (χ0v) is 12.9. The van der Waals surface area contributed by atoms with Crippen LogP contribution in [0.2, 0.25) is 0 Å². The highest BCUT2D eigenvalue weighted by atomic mass is 32.2. The summed E-state index contributed by atoms with van der Waals surface area (Å²) in [5, 5.41) is 9.62. The standard InChI is InChI=1S/C13H19N5O2S/c1-10-11(9-16-18-10)4-3-6-17-21(19,20)12-5-7-15-13(8-12)14-2/h5,7-9,17H,3-4,6H2,1-2H3,(H,14,15)(H,16,18). The van der Waals surface area contributed by atoms with E-state index >= 15 is 0 Å². The lowest BCUT2D eigenvalue weighted by Gasteiger charge is -2.07. The average molecular weight is 309 g/mol. The predicted octanol–water partition coefficient (Wildman–Crippen LogP) is 1.07. The molecule has 0 spiro atoms. The molecule has 2 aromatic rings. The first-order chi connectivity index (χ1) is 10.0. The molecule has 3 N–H and O–H groups in total. The van der Waals surface area contributed by atoms with Gasteiger partial charge in [-0.1, -0.05) is 0 Å². The van der Waals surface area contributed by atoms with E-state index in [4.69, 9.17) is 0 Å². The van der Waals surface area contributed by atoms with Crippen molar-refractivity contribution in [1.29, 1.82) is 0 Å². The summed E-state index contributed by atoms with van der Waals surface area (Å²) in [4.78, 5) is 4.21. The van der Waals surface area contributed by atoms with Crippen LogP contribution in [0.15, 0.2) is 29.4 Å². The molecule has 8 heteroatoms.